The van der Waals surface area contributed by atoms with E-state index in [-0.39, 0.29) is 17.7 Å². The smallest absolute Gasteiger partial charge is 0.225 e. The number of amides is 2. The largest absolute Gasteiger partial charge is 0.350 e. The van der Waals surface area contributed by atoms with Crippen molar-refractivity contribution in [1.82, 2.24) is 24.6 Å². The van der Waals surface area contributed by atoms with Crippen molar-refractivity contribution in [3.05, 3.63) is 30.5 Å². The Bertz CT molecular complexity index is 724. The number of carbonyl (C=O) groups excluding carboxylic acids is 2. The maximum Gasteiger partial charge on any atom is 0.225 e. The fraction of sp³-hybridized carbons (Fsp3) is 0.500. The predicted octanol–water partition coefficient (Wildman–Crippen LogP) is 0.850. The summed E-state index contributed by atoms with van der Waals surface area (Å²) in [5, 5.41) is 2.91. The lowest BCUT2D eigenvalue weighted by molar-refractivity contribution is -0.129. The number of fused-ring (bicyclic) bond motifs is 1. The van der Waals surface area contributed by atoms with Gasteiger partial charge in [0, 0.05) is 31.9 Å². The summed E-state index contributed by atoms with van der Waals surface area (Å²) in [5.41, 5.74) is 1.63. The van der Waals surface area contributed by atoms with Gasteiger partial charge in [-0.2, -0.15) is 0 Å². The monoisotopic (exact) mass is 315 g/mol. The van der Waals surface area contributed by atoms with E-state index in [1.807, 2.05) is 10.6 Å². The molecule has 2 aromatic heterocycles. The van der Waals surface area contributed by atoms with Gasteiger partial charge in [-0.25, -0.2) is 4.98 Å². The number of hydrogen-bond donors (Lipinski definition) is 1. The molecule has 0 spiro atoms. The molecule has 1 saturated heterocycles. The Morgan fingerprint density at radius 2 is 2.26 bits per heavy atom. The van der Waals surface area contributed by atoms with Crippen LogP contribution in [0.1, 0.15) is 26.0 Å². The molecule has 1 fully saturated rings. The van der Waals surface area contributed by atoms with E-state index in [0.29, 0.717) is 32.0 Å². The van der Waals surface area contributed by atoms with Gasteiger partial charge in [0.2, 0.25) is 11.8 Å². The van der Waals surface area contributed by atoms with Gasteiger partial charge in [-0.05, 0) is 5.92 Å². The Hall–Kier alpha value is -2.44. The molecule has 122 valence electrons. The van der Waals surface area contributed by atoms with Crippen LogP contribution in [0.25, 0.3) is 5.65 Å². The van der Waals surface area contributed by atoms with Crippen LogP contribution in [0.3, 0.4) is 0 Å². The highest BCUT2D eigenvalue weighted by atomic mass is 16.2. The van der Waals surface area contributed by atoms with E-state index >= 15 is 0 Å². The molecule has 0 aliphatic carbocycles. The SMILES string of the molecule is CC(C)CN1CC(C(=O)NCc2cnc3cnccn23)CC1=O. The minimum absolute atomic E-state index is 0.0692. The highest BCUT2D eigenvalue weighted by Crippen LogP contribution is 2.19. The average molecular weight is 315 g/mol. The molecule has 2 amide bonds. The normalized spacial score (nSPS) is 18.1. The number of likely N-dealkylation sites (tertiary alicyclic amines) is 1. The Labute approximate surface area is 134 Å². The molecule has 7 heteroatoms. The van der Waals surface area contributed by atoms with Gasteiger partial charge in [-0.15, -0.1) is 0 Å². The third kappa shape index (κ3) is 3.33. The Morgan fingerprint density at radius 1 is 1.43 bits per heavy atom. The Kier molecular flexibility index (Phi) is 4.27. The topological polar surface area (TPSA) is 79.6 Å². The summed E-state index contributed by atoms with van der Waals surface area (Å²) in [5.74, 6) is 0.142. The molecule has 0 bridgehead atoms. The number of aromatic nitrogens is 3. The molecular formula is C16H21N5O2. The lowest BCUT2D eigenvalue weighted by Crippen LogP contribution is -2.34. The number of hydrogen-bond acceptors (Lipinski definition) is 4. The minimum atomic E-state index is -0.262. The maximum absolute atomic E-state index is 12.3. The van der Waals surface area contributed by atoms with Crippen LogP contribution in [0.2, 0.25) is 0 Å². The highest BCUT2D eigenvalue weighted by Gasteiger charge is 2.34. The lowest BCUT2D eigenvalue weighted by Gasteiger charge is -2.18. The maximum atomic E-state index is 12.3. The fourth-order valence-corrected chi connectivity index (χ4v) is 2.91. The minimum Gasteiger partial charge on any atom is -0.350 e. The number of imidazole rings is 1. The average Bonchev–Trinajstić information content (AvgIpc) is 3.09. The lowest BCUT2D eigenvalue weighted by atomic mass is 10.1. The molecule has 23 heavy (non-hydrogen) atoms. The van der Waals surface area contributed by atoms with Gasteiger partial charge >= 0.3 is 0 Å². The number of nitrogens with zero attached hydrogens (tertiary/aromatic N) is 4. The van der Waals surface area contributed by atoms with E-state index < -0.39 is 0 Å². The summed E-state index contributed by atoms with van der Waals surface area (Å²) in [4.78, 5) is 34.3. The zero-order valence-electron chi connectivity index (χ0n) is 13.4. The summed E-state index contributed by atoms with van der Waals surface area (Å²) in [6.07, 6.45) is 7.19. The third-order valence-corrected chi connectivity index (χ3v) is 4.01. The van der Waals surface area contributed by atoms with Gasteiger partial charge in [-0.1, -0.05) is 13.8 Å². The molecule has 0 aromatic carbocycles. The van der Waals surface area contributed by atoms with E-state index in [2.05, 4.69) is 29.1 Å². The summed E-state index contributed by atoms with van der Waals surface area (Å²) in [6, 6.07) is 0. The second kappa shape index (κ2) is 6.36. The van der Waals surface area contributed by atoms with Crippen LogP contribution in [-0.2, 0) is 16.1 Å². The van der Waals surface area contributed by atoms with E-state index in [1.54, 1.807) is 23.5 Å². The summed E-state index contributed by atoms with van der Waals surface area (Å²) in [6.45, 7) is 5.75. The highest BCUT2D eigenvalue weighted by molar-refractivity contribution is 5.89. The van der Waals surface area contributed by atoms with E-state index in [9.17, 15) is 9.59 Å². The molecule has 3 heterocycles. The molecule has 1 N–H and O–H groups in total. The molecule has 3 rings (SSSR count). The van der Waals surface area contributed by atoms with Gasteiger partial charge in [-0.3, -0.25) is 19.0 Å². The quantitative estimate of drug-likeness (QED) is 0.887. The molecule has 0 radical (unpaired) electrons. The van der Waals surface area contributed by atoms with Crippen molar-refractivity contribution < 1.29 is 9.59 Å². The standard InChI is InChI=1S/C16H21N5O2/c1-11(2)9-20-10-12(5-15(20)22)16(23)19-7-13-6-18-14-8-17-3-4-21(13)14/h3-4,6,8,11-12H,5,7,9-10H2,1-2H3,(H,19,23). The van der Waals surface area contributed by atoms with Crippen molar-refractivity contribution in [2.24, 2.45) is 11.8 Å². The number of nitrogens with one attached hydrogen (secondary N) is 1. The molecule has 1 atom stereocenters. The molecule has 1 aliphatic rings. The van der Waals surface area contributed by atoms with Crippen LogP contribution < -0.4 is 5.32 Å². The molecule has 1 unspecified atom stereocenters. The van der Waals surface area contributed by atoms with Crippen molar-refractivity contribution in [2.75, 3.05) is 13.1 Å². The Balaban J connectivity index is 1.59. The first kappa shape index (κ1) is 15.5. The zero-order chi connectivity index (χ0) is 16.4. The predicted molar refractivity (Wildman–Crippen MR) is 84.4 cm³/mol. The van der Waals surface area contributed by atoms with E-state index in [1.165, 1.54) is 0 Å². The molecule has 7 nitrogen and oxygen atoms in total. The second-order valence-corrected chi connectivity index (χ2v) is 6.37. The van der Waals surface area contributed by atoms with Crippen molar-refractivity contribution in [1.29, 1.82) is 0 Å². The fourth-order valence-electron chi connectivity index (χ4n) is 2.91. The summed E-state index contributed by atoms with van der Waals surface area (Å²) >= 11 is 0. The first-order chi connectivity index (χ1) is 11.0. The first-order valence-corrected chi connectivity index (χ1v) is 7.86. The van der Waals surface area contributed by atoms with Crippen LogP contribution in [0.5, 0.6) is 0 Å². The Morgan fingerprint density at radius 3 is 3.04 bits per heavy atom. The molecule has 1 aliphatic heterocycles. The van der Waals surface area contributed by atoms with Gasteiger partial charge in [0.05, 0.1) is 30.6 Å². The van der Waals surface area contributed by atoms with Crippen LogP contribution in [-0.4, -0.2) is 44.2 Å². The first-order valence-electron chi connectivity index (χ1n) is 7.86. The van der Waals surface area contributed by atoms with Crippen molar-refractivity contribution in [3.8, 4) is 0 Å². The molecular weight excluding hydrogens is 294 g/mol. The third-order valence-electron chi connectivity index (χ3n) is 4.01. The zero-order valence-corrected chi connectivity index (χ0v) is 13.4. The van der Waals surface area contributed by atoms with Gasteiger partial charge in [0.1, 0.15) is 0 Å². The van der Waals surface area contributed by atoms with Crippen molar-refractivity contribution in [2.45, 2.75) is 26.8 Å². The summed E-state index contributed by atoms with van der Waals surface area (Å²) < 4.78 is 1.89. The molecule has 0 saturated carbocycles. The van der Waals surface area contributed by atoms with Crippen LogP contribution in [0, 0.1) is 11.8 Å². The number of carbonyl (C=O) groups is 2. The van der Waals surface area contributed by atoms with E-state index in [0.717, 1.165) is 11.3 Å². The molecule has 2 aromatic rings. The van der Waals surface area contributed by atoms with Gasteiger partial charge < -0.3 is 10.2 Å². The second-order valence-electron chi connectivity index (χ2n) is 6.37. The van der Waals surface area contributed by atoms with Crippen LogP contribution in [0.15, 0.2) is 24.8 Å². The van der Waals surface area contributed by atoms with Crippen molar-refractivity contribution >= 4 is 17.5 Å². The van der Waals surface area contributed by atoms with Gasteiger partial charge in [0.15, 0.2) is 5.65 Å². The summed E-state index contributed by atoms with van der Waals surface area (Å²) in [7, 11) is 0. The van der Waals surface area contributed by atoms with Crippen molar-refractivity contribution in [3.63, 3.8) is 0 Å². The van der Waals surface area contributed by atoms with Crippen LogP contribution >= 0.6 is 0 Å². The van der Waals surface area contributed by atoms with Crippen LogP contribution in [0.4, 0.5) is 0 Å². The van der Waals surface area contributed by atoms with E-state index in [4.69, 9.17) is 0 Å². The van der Waals surface area contributed by atoms with Gasteiger partial charge in [0.25, 0.3) is 0 Å². The number of rotatable bonds is 5.